The molecule has 0 saturated carbocycles. The lowest BCUT2D eigenvalue weighted by Crippen LogP contribution is -2.01. The Hall–Kier alpha value is -3.02. The molecular weight excluding hydrogens is 336 g/mol. The number of unbranched alkanes of at least 4 members (excludes halogenated alkanes) is 1. The highest BCUT2D eigenvalue weighted by molar-refractivity contribution is 5.70. The van der Waals surface area contributed by atoms with E-state index in [0.29, 0.717) is 12.2 Å². The molecule has 2 aromatic carbocycles. The highest BCUT2D eigenvalue weighted by Crippen LogP contribution is 2.14. The van der Waals surface area contributed by atoms with Crippen molar-refractivity contribution in [1.29, 1.82) is 0 Å². The van der Waals surface area contributed by atoms with Crippen molar-refractivity contribution >= 4 is 11.9 Å². The van der Waals surface area contributed by atoms with Crippen molar-refractivity contribution in [2.24, 2.45) is 0 Å². The highest BCUT2D eigenvalue weighted by Gasteiger charge is 2.01. The van der Waals surface area contributed by atoms with Crippen molar-refractivity contribution < 1.29 is 29.6 Å². The van der Waals surface area contributed by atoms with Crippen molar-refractivity contribution in [1.82, 2.24) is 0 Å². The third-order valence-electron chi connectivity index (χ3n) is 3.29. The zero-order chi connectivity index (χ0) is 19.4. The SMILES string of the molecule is CCCCOc1cccc(CC(=O)O)c1.O=C(O)Cc1cccc(O)c1. The van der Waals surface area contributed by atoms with E-state index in [0.717, 1.165) is 24.2 Å². The van der Waals surface area contributed by atoms with Crippen molar-refractivity contribution in [2.75, 3.05) is 6.61 Å². The lowest BCUT2D eigenvalue weighted by atomic mass is 10.1. The number of carboxylic acid groups (broad SMARTS) is 2. The average Bonchev–Trinajstić information content (AvgIpc) is 2.55. The molecule has 2 aromatic rings. The van der Waals surface area contributed by atoms with Crippen LogP contribution >= 0.6 is 0 Å². The summed E-state index contributed by atoms with van der Waals surface area (Å²) in [6, 6.07) is 13.5. The van der Waals surface area contributed by atoms with E-state index in [1.165, 1.54) is 12.1 Å². The molecule has 0 spiro atoms. The summed E-state index contributed by atoms with van der Waals surface area (Å²) in [7, 11) is 0. The number of phenols is 1. The van der Waals surface area contributed by atoms with Gasteiger partial charge in [0.25, 0.3) is 0 Å². The highest BCUT2D eigenvalue weighted by atomic mass is 16.5. The maximum Gasteiger partial charge on any atom is 0.307 e. The van der Waals surface area contributed by atoms with Gasteiger partial charge in [0.1, 0.15) is 11.5 Å². The standard InChI is InChI=1S/C12H16O3.C8H8O3/c1-2-3-7-15-11-6-4-5-10(8-11)9-12(13)14;9-7-3-1-2-6(4-7)5-8(10)11/h4-6,8H,2-3,7,9H2,1H3,(H,13,14);1-4,9H,5H2,(H,10,11). The Kier molecular flexibility index (Phi) is 9.31. The lowest BCUT2D eigenvalue weighted by molar-refractivity contribution is -0.137. The summed E-state index contributed by atoms with van der Waals surface area (Å²) in [4.78, 5) is 20.7. The molecule has 0 fully saturated rings. The van der Waals surface area contributed by atoms with E-state index in [1.54, 1.807) is 24.3 Å². The molecule has 140 valence electrons. The molecule has 6 heteroatoms. The third-order valence-corrected chi connectivity index (χ3v) is 3.29. The quantitative estimate of drug-likeness (QED) is 0.622. The maximum atomic E-state index is 10.5. The molecule has 0 heterocycles. The van der Waals surface area contributed by atoms with E-state index in [4.69, 9.17) is 20.1 Å². The molecule has 0 aliphatic heterocycles. The molecule has 0 aliphatic rings. The molecule has 6 nitrogen and oxygen atoms in total. The van der Waals surface area contributed by atoms with Gasteiger partial charge >= 0.3 is 11.9 Å². The van der Waals surface area contributed by atoms with Gasteiger partial charge < -0.3 is 20.1 Å². The Morgan fingerprint density at radius 1 is 0.923 bits per heavy atom. The zero-order valence-corrected chi connectivity index (χ0v) is 14.7. The van der Waals surface area contributed by atoms with Crippen LogP contribution in [0.3, 0.4) is 0 Å². The average molecular weight is 360 g/mol. The molecule has 0 saturated heterocycles. The molecule has 2 rings (SSSR count). The Bertz CT molecular complexity index is 711. The fourth-order valence-corrected chi connectivity index (χ4v) is 2.10. The second-order valence-corrected chi connectivity index (χ2v) is 5.66. The predicted molar refractivity (Wildman–Crippen MR) is 97.6 cm³/mol. The summed E-state index contributed by atoms with van der Waals surface area (Å²) in [6.07, 6.45) is 2.11. The number of aromatic hydroxyl groups is 1. The first-order chi connectivity index (χ1) is 12.4. The number of benzene rings is 2. The fraction of sp³-hybridized carbons (Fsp3) is 0.300. The van der Waals surface area contributed by atoms with Crippen molar-refractivity contribution in [3.63, 3.8) is 0 Å². The summed E-state index contributed by atoms with van der Waals surface area (Å²) in [5.74, 6) is -0.859. The van der Waals surface area contributed by atoms with Gasteiger partial charge in [-0.1, -0.05) is 37.6 Å². The molecular formula is C20H24O6. The van der Waals surface area contributed by atoms with Gasteiger partial charge in [-0.25, -0.2) is 0 Å². The number of carboxylic acids is 2. The summed E-state index contributed by atoms with van der Waals surface area (Å²) in [6.45, 7) is 2.79. The number of carbonyl (C=O) groups is 2. The number of phenolic OH excluding ortho intramolecular Hbond substituents is 1. The first-order valence-corrected chi connectivity index (χ1v) is 8.34. The van der Waals surface area contributed by atoms with Crippen LogP contribution in [-0.4, -0.2) is 33.9 Å². The molecule has 0 radical (unpaired) electrons. The number of hydrogen-bond acceptors (Lipinski definition) is 4. The van der Waals surface area contributed by atoms with Gasteiger partial charge in [0.05, 0.1) is 19.4 Å². The van der Waals surface area contributed by atoms with E-state index in [9.17, 15) is 9.59 Å². The van der Waals surface area contributed by atoms with Gasteiger partial charge in [0.2, 0.25) is 0 Å². The van der Waals surface area contributed by atoms with Gasteiger partial charge in [-0.2, -0.15) is 0 Å². The molecule has 3 N–H and O–H groups in total. The van der Waals surface area contributed by atoms with Crippen LogP contribution in [0.1, 0.15) is 30.9 Å². The van der Waals surface area contributed by atoms with E-state index in [1.807, 2.05) is 12.1 Å². The summed E-state index contributed by atoms with van der Waals surface area (Å²) in [5, 5.41) is 25.9. The minimum absolute atomic E-state index is 0.0466. The van der Waals surface area contributed by atoms with Crippen LogP contribution < -0.4 is 4.74 Å². The van der Waals surface area contributed by atoms with E-state index in [2.05, 4.69) is 6.92 Å². The molecule has 26 heavy (non-hydrogen) atoms. The minimum Gasteiger partial charge on any atom is -0.508 e. The Morgan fingerprint density at radius 2 is 1.50 bits per heavy atom. The third kappa shape index (κ3) is 9.32. The summed E-state index contributed by atoms with van der Waals surface area (Å²) >= 11 is 0. The van der Waals surface area contributed by atoms with Crippen LogP contribution in [0.2, 0.25) is 0 Å². The second kappa shape index (κ2) is 11.5. The van der Waals surface area contributed by atoms with Crippen LogP contribution in [-0.2, 0) is 22.4 Å². The van der Waals surface area contributed by atoms with Crippen LogP contribution in [0.15, 0.2) is 48.5 Å². The molecule has 0 aliphatic carbocycles. The topological polar surface area (TPSA) is 104 Å². The Labute approximate surface area is 152 Å². The van der Waals surface area contributed by atoms with Crippen molar-refractivity contribution in [3.8, 4) is 11.5 Å². The largest absolute Gasteiger partial charge is 0.508 e. The lowest BCUT2D eigenvalue weighted by Gasteiger charge is -2.06. The summed E-state index contributed by atoms with van der Waals surface area (Å²) < 4.78 is 5.48. The van der Waals surface area contributed by atoms with E-state index >= 15 is 0 Å². The first-order valence-electron chi connectivity index (χ1n) is 8.34. The van der Waals surface area contributed by atoms with Gasteiger partial charge in [0, 0.05) is 0 Å². The van der Waals surface area contributed by atoms with Gasteiger partial charge in [0.15, 0.2) is 0 Å². The fourth-order valence-electron chi connectivity index (χ4n) is 2.10. The first kappa shape index (κ1) is 21.0. The van der Waals surface area contributed by atoms with Crippen LogP contribution in [0.4, 0.5) is 0 Å². The molecule has 0 bridgehead atoms. The van der Waals surface area contributed by atoms with E-state index in [-0.39, 0.29) is 18.6 Å². The van der Waals surface area contributed by atoms with Crippen LogP contribution in [0.25, 0.3) is 0 Å². The molecule has 0 amide bonds. The number of ether oxygens (including phenoxy) is 1. The molecule has 0 atom stereocenters. The summed E-state index contributed by atoms with van der Waals surface area (Å²) in [5.41, 5.74) is 1.38. The second-order valence-electron chi connectivity index (χ2n) is 5.66. The number of hydrogen-bond donors (Lipinski definition) is 3. The predicted octanol–water partition coefficient (Wildman–Crippen LogP) is 3.51. The Balaban J connectivity index is 0.000000273. The van der Waals surface area contributed by atoms with Crippen molar-refractivity contribution in [2.45, 2.75) is 32.6 Å². The smallest absolute Gasteiger partial charge is 0.307 e. The maximum absolute atomic E-state index is 10.5. The molecule has 0 unspecified atom stereocenters. The van der Waals surface area contributed by atoms with Crippen LogP contribution in [0, 0.1) is 0 Å². The van der Waals surface area contributed by atoms with Gasteiger partial charge in [-0.05, 0) is 41.8 Å². The molecule has 0 aromatic heterocycles. The van der Waals surface area contributed by atoms with Gasteiger partial charge in [-0.3, -0.25) is 9.59 Å². The zero-order valence-electron chi connectivity index (χ0n) is 14.7. The van der Waals surface area contributed by atoms with Crippen LogP contribution in [0.5, 0.6) is 11.5 Å². The van der Waals surface area contributed by atoms with E-state index < -0.39 is 11.9 Å². The monoisotopic (exact) mass is 360 g/mol. The number of aliphatic carboxylic acids is 2. The van der Waals surface area contributed by atoms with Gasteiger partial charge in [-0.15, -0.1) is 0 Å². The minimum atomic E-state index is -0.893. The normalized spacial score (nSPS) is 9.73. The number of rotatable bonds is 8. The Morgan fingerprint density at radius 3 is 2.04 bits per heavy atom. The van der Waals surface area contributed by atoms with Crippen molar-refractivity contribution in [3.05, 3.63) is 59.7 Å².